The van der Waals surface area contributed by atoms with E-state index in [4.69, 9.17) is 27.9 Å². The lowest BCUT2D eigenvalue weighted by Crippen LogP contribution is -2.49. The molecule has 7 nitrogen and oxygen atoms in total. The van der Waals surface area contributed by atoms with Gasteiger partial charge in [-0.05, 0) is 31.0 Å². The number of nitrogens with zero attached hydrogens (tertiary/aromatic N) is 2. The van der Waals surface area contributed by atoms with Gasteiger partial charge in [0.2, 0.25) is 15.9 Å². The van der Waals surface area contributed by atoms with E-state index in [1.807, 2.05) is 13.0 Å². The minimum absolute atomic E-state index is 0.0350. The van der Waals surface area contributed by atoms with Gasteiger partial charge in [0.1, 0.15) is 0 Å². The molecule has 29 heavy (non-hydrogen) atoms. The zero-order valence-electron chi connectivity index (χ0n) is 17.5. The van der Waals surface area contributed by atoms with Crippen molar-refractivity contribution < 1.29 is 17.9 Å². The fraction of sp³-hybridized carbons (Fsp3) is 0.737. The van der Waals surface area contributed by atoms with Crippen LogP contribution in [0.4, 0.5) is 0 Å². The zero-order valence-corrected chi connectivity index (χ0v) is 19.8. The predicted molar refractivity (Wildman–Crippen MR) is 116 cm³/mol. The molecule has 0 aromatic rings. The SMILES string of the molecule is CNC(=O)C(C)(CCN1CCN(S(C)(=O)=O)CC1)CC1=CCC(Cl)(OC)C(Cl)=C1. The number of sulfonamides is 1. The second-order valence-corrected chi connectivity index (χ2v) is 11.0. The molecule has 1 N–H and O–H groups in total. The van der Waals surface area contributed by atoms with Gasteiger partial charge in [-0.15, -0.1) is 0 Å². The molecule has 10 heteroatoms. The number of amides is 1. The van der Waals surface area contributed by atoms with Crippen molar-refractivity contribution in [2.24, 2.45) is 5.41 Å². The van der Waals surface area contributed by atoms with E-state index in [-0.39, 0.29) is 5.91 Å². The molecule has 0 aromatic heterocycles. The molecule has 1 aliphatic heterocycles. The lowest BCUT2D eigenvalue weighted by molar-refractivity contribution is -0.130. The van der Waals surface area contributed by atoms with Crippen LogP contribution in [-0.2, 0) is 19.6 Å². The van der Waals surface area contributed by atoms with Crippen molar-refractivity contribution in [3.05, 3.63) is 22.8 Å². The van der Waals surface area contributed by atoms with Crippen LogP contribution in [0.1, 0.15) is 26.2 Å². The van der Waals surface area contributed by atoms with Crippen molar-refractivity contribution >= 4 is 39.1 Å². The molecule has 0 saturated carbocycles. The van der Waals surface area contributed by atoms with Crippen molar-refractivity contribution in [3.8, 4) is 0 Å². The summed E-state index contributed by atoms with van der Waals surface area (Å²) in [6, 6.07) is 0. The maximum absolute atomic E-state index is 12.7. The number of carbonyl (C=O) groups excluding carboxylic acids is 1. The number of alkyl halides is 1. The maximum atomic E-state index is 12.7. The Bertz CT molecular complexity index is 778. The number of ether oxygens (including phenoxy) is 1. The topological polar surface area (TPSA) is 79.0 Å². The van der Waals surface area contributed by atoms with Crippen LogP contribution in [0.3, 0.4) is 0 Å². The van der Waals surface area contributed by atoms with Gasteiger partial charge in [0.15, 0.2) is 5.06 Å². The van der Waals surface area contributed by atoms with Crippen molar-refractivity contribution in [2.45, 2.75) is 31.2 Å². The molecule has 0 spiro atoms. The molecule has 0 aromatic carbocycles. The van der Waals surface area contributed by atoms with E-state index in [0.29, 0.717) is 57.0 Å². The van der Waals surface area contributed by atoms with E-state index in [9.17, 15) is 13.2 Å². The molecule has 1 amide bonds. The van der Waals surface area contributed by atoms with Gasteiger partial charge >= 0.3 is 0 Å². The van der Waals surface area contributed by atoms with E-state index in [1.54, 1.807) is 13.1 Å². The summed E-state index contributed by atoms with van der Waals surface area (Å²) in [6.45, 7) is 4.94. The van der Waals surface area contributed by atoms with Crippen LogP contribution in [0, 0.1) is 5.41 Å². The summed E-state index contributed by atoms with van der Waals surface area (Å²) >= 11 is 12.7. The van der Waals surface area contributed by atoms with Gasteiger partial charge in [0.05, 0.1) is 16.7 Å². The molecule has 1 fully saturated rings. The Balaban J connectivity index is 2.02. The molecule has 0 radical (unpaired) electrons. The van der Waals surface area contributed by atoms with Crippen molar-refractivity contribution in [2.75, 3.05) is 53.1 Å². The molecule has 166 valence electrons. The van der Waals surface area contributed by atoms with Crippen LogP contribution in [0.15, 0.2) is 22.8 Å². The monoisotopic (exact) mass is 467 g/mol. The number of hydrogen-bond acceptors (Lipinski definition) is 5. The first-order valence-electron chi connectivity index (χ1n) is 9.64. The molecular formula is C19H31Cl2N3O4S. The zero-order chi connectivity index (χ0) is 21.9. The van der Waals surface area contributed by atoms with Gasteiger partial charge in [0, 0.05) is 46.8 Å². The van der Waals surface area contributed by atoms with Gasteiger partial charge in [-0.3, -0.25) is 4.79 Å². The van der Waals surface area contributed by atoms with E-state index < -0.39 is 20.5 Å². The maximum Gasteiger partial charge on any atom is 0.226 e. The molecule has 2 aliphatic rings. The van der Waals surface area contributed by atoms with Gasteiger partial charge in [-0.2, -0.15) is 4.31 Å². The Hall–Kier alpha value is -0.640. The third-order valence-electron chi connectivity index (χ3n) is 5.77. The van der Waals surface area contributed by atoms with Crippen LogP contribution in [0.5, 0.6) is 0 Å². The highest BCUT2D eigenvalue weighted by molar-refractivity contribution is 7.88. The summed E-state index contributed by atoms with van der Waals surface area (Å²) in [5.74, 6) is -0.0350. The summed E-state index contributed by atoms with van der Waals surface area (Å²) in [7, 11) is 0.000106. The van der Waals surface area contributed by atoms with Crippen LogP contribution < -0.4 is 5.32 Å². The number of rotatable bonds is 8. The standard InChI is InChI=1S/C19H31Cl2N3O4S/c1-18(17(25)22-2,14-15-5-6-19(21,28-3)16(20)13-15)7-8-23-9-11-24(12-10-23)29(4,26)27/h5,13H,6-12,14H2,1-4H3,(H,22,25). The van der Waals surface area contributed by atoms with E-state index in [2.05, 4.69) is 10.2 Å². The second-order valence-electron chi connectivity index (χ2n) is 7.98. The normalized spacial score (nSPS) is 26.4. The first-order valence-corrected chi connectivity index (χ1v) is 12.2. The molecular weight excluding hydrogens is 437 g/mol. The van der Waals surface area contributed by atoms with Crippen LogP contribution in [0.25, 0.3) is 0 Å². The summed E-state index contributed by atoms with van der Waals surface area (Å²) in [5.41, 5.74) is 0.332. The average molecular weight is 468 g/mol. The quantitative estimate of drug-likeness (QED) is 0.553. The van der Waals surface area contributed by atoms with Gasteiger partial charge in [0.25, 0.3) is 0 Å². The fourth-order valence-corrected chi connectivity index (χ4v) is 4.97. The first kappa shape index (κ1) is 24.6. The van der Waals surface area contributed by atoms with Gasteiger partial charge in [-0.25, -0.2) is 8.42 Å². The molecule has 2 unspecified atom stereocenters. The molecule has 1 heterocycles. The molecule has 1 aliphatic carbocycles. The highest BCUT2D eigenvalue weighted by Crippen LogP contribution is 2.41. The Morgan fingerprint density at radius 2 is 1.97 bits per heavy atom. The number of carbonyl (C=O) groups is 1. The minimum atomic E-state index is -3.15. The largest absolute Gasteiger partial charge is 0.359 e. The Morgan fingerprint density at radius 1 is 1.34 bits per heavy atom. The molecule has 2 atom stereocenters. The smallest absolute Gasteiger partial charge is 0.226 e. The third-order valence-corrected chi connectivity index (χ3v) is 8.10. The van der Waals surface area contributed by atoms with E-state index >= 15 is 0 Å². The Morgan fingerprint density at radius 3 is 2.45 bits per heavy atom. The van der Waals surface area contributed by atoms with Gasteiger partial charge < -0.3 is 15.0 Å². The minimum Gasteiger partial charge on any atom is -0.359 e. The number of nitrogens with one attached hydrogen (secondary N) is 1. The number of methoxy groups -OCH3 is 1. The lowest BCUT2D eigenvalue weighted by Gasteiger charge is -2.36. The average Bonchev–Trinajstić information content (AvgIpc) is 2.68. The third kappa shape index (κ3) is 6.18. The summed E-state index contributed by atoms with van der Waals surface area (Å²) in [6.07, 6.45) is 6.60. The van der Waals surface area contributed by atoms with Crippen LogP contribution >= 0.6 is 23.2 Å². The molecule has 2 rings (SSSR count). The van der Waals surface area contributed by atoms with Crippen molar-refractivity contribution in [1.29, 1.82) is 0 Å². The lowest BCUT2D eigenvalue weighted by atomic mass is 9.78. The Labute approximate surface area is 184 Å². The van der Waals surface area contributed by atoms with Crippen molar-refractivity contribution in [3.63, 3.8) is 0 Å². The number of piperazine rings is 1. The first-order chi connectivity index (χ1) is 13.4. The number of allylic oxidation sites excluding steroid dienone is 2. The summed E-state index contributed by atoms with van der Waals surface area (Å²) in [5, 5.41) is 2.15. The van der Waals surface area contributed by atoms with E-state index in [0.717, 1.165) is 5.57 Å². The summed E-state index contributed by atoms with van der Waals surface area (Å²) in [4.78, 5) is 14.9. The van der Waals surface area contributed by atoms with Gasteiger partial charge in [-0.1, -0.05) is 36.2 Å². The number of hydrogen-bond donors (Lipinski definition) is 1. The molecule has 0 bridgehead atoms. The number of halogens is 2. The van der Waals surface area contributed by atoms with E-state index in [1.165, 1.54) is 17.7 Å². The Kier molecular flexibility index (Phi) is 8.20. The van der Waals surface area contributed by atoms with Crippen molar-refractivity contribution in [1.82, 2.24) is 14.5 Å². The predicted octanol–water partition coefficient (Wildman–Crippen LogP) is 2.13. The fourth-order valence-electron chi connectivity index (χ4n) is 3.72. The second kappa shape index (κ2) is 9.66. The summed E-state index contributed by atoms with van der Waals surface area (Å²) < 4.78 is 30.1. The molecule has 1 saturated heterocycles. The highest BCUT2D eigenvalue weighted by Gasteiger charge is 2.37. The van der Waals surface area contributed by atoms with Crippen LogP contribution in [-0.4, -0.2) is 81.7 Å². The highest BCUT2D eigenvalue weighted by atomic mass is 35.5. The van der Waals surface area contributed by atoms with Crippen LogP contribution in [0.2, 0.25) is 0 Å².